The third-order valence-electron chi connectivity index (χ3n) is 3.41. The first-order chi connectivity index (χ1) is 9.76. The molecule has 6 nitrogen and oxygen atoms in total. The molecule has 0 spiro atoms. The molecule has 1 saturated heterocycles. The maximum atomic E-state index is 13.2. The Bertz CT molecular complexity index is 640. The number of halogens is 1. The van der Waals surface area contributed by atoms with E-state index in [2.05, 4.69) is 4.72 Å². The normalized spacial score (nSPS) is 17.0. The zero-order valence-electron chi connectivity index (χ0n) is 11.7. The zero-order valence-corrected chi connectivity index (χ0v) is 12.5. The summed E-state index contributed by atoms with van der Waals surface area (Å²) in [6, 6.07) is 3.52. The van der Waals surface area contributed by atoms with Crippen LogP contribution in [0.3, 0.4) is 0 Å². The quantitative estimate of drug-likeness (QED) is 0.797. The Balaban J connectivity index is 2.02. The number of nitrogens with two attached hydrogens (primary N) is 1. The fourth-order valence-electron chi connectivity index (χ4n) is 2.39. The van der Waals surface area contributed by atoms with Gasteiger partial charge in [0.1, 0.15) is 5.82 Å². The van der Waals surface area contributed by atoms with Crippen molar-refractivity contribution in [1.29, 1.82) is 0 Å². The number of anilines is 1. The van der Waals surface area contributed by atoms with E-state index in [1.807, 2.05) is 0 Å². The molecule has 1 aliphatic rings. The molecule has 8 heteroatoms. The first-order valence-electron chi connectivity index (χ1n) is 6.58. The molecule has 0 unspecified atom stereocenters. The molecule has 0 bridgehead atoms. The standard InChI is InChI=1S/C13H18FN3O3S/c1-21(19,20)16-10-4-6-17(7-5-10)13(18)11-8-9(14)2-3-12(11)15/h2-3,8,10,16H,4-7,15H2,1H3. The first kappa shape index (κ1) is 15.7. The number of nitrogens with zero attached hydrogens (tertiary/aromatic N) is 1. The van der Waals surface area contributed by atoms with Gasteiger partial charge in [-0.3, -0.25) is 4.79 Å². The molecular weight excluding hydrogens is 297 g/mol. The second kappa shape index (κ2) is 5.98. The topological polar surface area (TPSA) is 92.5 Å². The van der Waals surface area contributed by atoms with Crippen LogP contribution in [0.5, 0.6) is 0 Å². The van der Waals surface area contributed by atoms with Crippen LogP contribution in [-0.2, 0) is 10.0 Å². The second-order valence-electron chi connectivity index (χ2n) is 5.19. The molecule has 0 aliphatic carbocycles. The summed E-state index contributed by atoms with van der Waals surface area (Å²) >= 11 is 0. The lowest BCUT2D eigenvalue weighted by molar-refractivity contribution is 0.0712. The van der Waals surface area contributed by atoms with Gasteiger partial charge in [0.15, 0.2) is 0 Å². The summed E-state index contributed by atoms with van der Waals surface area (Å²) in [5.74, 6) is -0.842. The van der Waals surface area contributed by atoms with Crippen molar-refractivity contribution in [2.75, 3.05) is 25.1 Å². The number of carbonyl (C=O) groups is 1. The van der Waals surface area contributed by atoms with Gasteiger partial charge in [-0.2, -0.15) is 0 Å². The first-order valence-corrected chi connectivity index (χ1v) is 8.47. The number of nitrogens with one attached hydrogen (secondary N) is 1. The fourth-order valence-corrected chi connectivity index (χ4v) is 3.23. The van der Waals surface area contributed by atoms with E-state index in [4.69, 9.17) is 5.73 Å². The Morgan fingerprint density at radius 3 is 2.57 bits per heavy atom. The molecule has 116 valence electrons. The Hall–Kier alpha value is -1.67. The Kier molecular flexibility index (Phi) is 4.48. The molecule has 21 heavy (non-hydrogen) atoms. The van der Waals surface area contributed by atoms with Crippen molar-refractivity contribution >= 4 is 21.6 Å². The molecule has 1 heterocycles. The van der Waals surface area contributed by atoms with E-state index < -0.39 is 15.8 Å². The smallest absolute Gasteiger partial charge is 0.256 e. The Labute approximate surface area is 123 Å². The van der Waals surface area contributed by atoms with Gasteiger partial charge >= 0.3 is 0 Å². The number of likely N-dealkylation sites (tertiary alicyclic amines) is 1. The van der Waals surface area contributed by atoms with Crippen LogP contribution < -0.4 is 10.5 Å². The molecule has 1 aromatic carbocycles. The molecule has 1 aromatic rings. The summed E-state index contributed by atoms with van der Waals surface area (Å²) in [5.41, 5.74) is 6.08. The van der Waals surface area contributed by atoms with Crippen LogP contribution in [0.25, 0.3) is 0 Å². The number of carbonyl (C=O) groups excluding carboxylic acids is 1. The SMILES string of the molecule is CS(=O)(=O)NC1CCN(C(=O)c2cc(F)ccc2N)CC1. The number of sulfonamides is 1. The highest BCUT2D eigenvalue weighted by Crippen LogP contribution is 2.19. The minimum Gasteiger partial charge on any atom is -0.398 e. The van der Waals surface area contributed by atoms with E-state index in [-0.39, 0.29) is 23.2 Å². The second-order valence-corrected chi connectivity index (χ2v) is 6.97. The molecule has 2 rings (SSSR count). The summed E-state index contributed by atoms with van der Waals surface area (Å²) in [6.07, 6.45) is 2.15. The van der Waals surface area contributed by atoms with Gasteiger partial charge < -0.3 is 10.6 Å². The third-order valence-corrected chi connectivity index (χ3v) is 4.17. The minimum atomic E-state index is -3.25. The molecule has 0 saturated carbocycles. The summed E-state index contributed by atoms with van der Waals surface area (Å²) < 4.78 is 38.1. The minimum absolute atomic E-state index is 0.143. The fraction of sp³-hybridized carbons (Fsp3) is 0.462. The number of rotatable bonds is 3. The van der Waals surface area contributed by atoms with E-state index in [1.54, 1.807) is 4.90 Å². The average molecular weight is 315 g/mol. The van der Waals surface area contributed by atoms with Crippen molar-refractivity contribution in [3.05, 3.63) is 29.6 Å². The largest absolute Gasteiger partial charge is 0.398 e. The zero-order chi connectivity index (χ0) is 15.6. The van der Waals surface area contributed by atoms with Crippen LogP contribution in [0.4, 0.5) is 10.1 Å². The van der Waals surface area contributed by atoms with Gasteiger partial charge in [-0.1, -0.05) is 0 Å². The molecule has 3 N–H and O–H groups in total. The summed E-state index contributed by atoms with van der Waals surface area (Å²) in [4.78, 5) is 13.9. The lowest BCUT2D eigenvalue weighted by Crippen LogP contribution is -2.46. The highest BCUT2D eigenvalue weighted by atomic mass is 32.2. The monoisotopic (exact) mass is 315 g/mol. The van der Waals surface area contributed by atoms with Gasteiger partial charge in [-0.15, -0.1) is 0 Å². The molecule has 0 aromatic heterocycles. The van der Waals surface area contributed by atoms with Crippen LogP contribution >= 0.6 is 0 Å². The lowest BCUT2D eigenvalue weighted by atomic mass is 10.0. The lowest BCUT2D eigenvalue weighted by Gasteiger charge is -2.32. The number of hydrogen-bond donors (Lipinski definition) is 2. The van der Waals surface area contributed by atoms with Crippen molar-refractivity contribution in [1.82, 2.24) is 9.62 Å². The third kappa shape index (κ3) is 4.15. The Morgan fingerprint density at radius 2 is 2.00 bits per heavy atom. The number of nitrogen functional groups attached to an aromatic ring is 1. The molecule has 0 radical (unpaired) electrons. The molecule has 0 atom stereocenters. The van der Waals surface area contributed by atoms with Crippen LogP contribution in [0.2, 0.25) is 0 Å². The van der Waals surface area contributed by atoms with Crippen molar-refractivity contribution in [3.8, 4) is 0 Å². The number of piperidine rings is 1. The van der Waals surface area contributed by atoms with Crippen LogP contribution in [0.15, 0.2) is 18.2 Å². The summed E-state index contributed by atoms with van der Waals surface area (Å²) in [7, 11) is -3.25. The number of amides is 1. The highest BCUT2D eigenvalue weighted by molar-refractivity contribution is 7.88. The van der Waals surface area contributed by atoms with Crippen molar-refractivity contribution in [2.24, 2.45) is 0 Å². The number of hydrogen-bond acceptors (Lipinski definition) is 4. The molecular formula is C13H18FN3O3S. The maximum absolute atomic E-state index is 13.2. The van der Waals surface area contributed by atoms with Gasteiger partial charge in [0, 0.05) is 24.8 Å². The summed E-state index contributed by atoms with van der Waals surface area (Å²) in [5, 5.41) is 0. The van der Waals surface area contributed by atoms with E-state index in [0.717, 1.165) is 12.3 Å². The van der Waals surface area contributed by atoms with Crippen molar-refractivity contribution in [3.63, 3.8) is 0 Å². The van der Waals surface area contributed by atoms with Crippen LogP contribution in [0, 0.1) is 5.82 Å². The van der Waals surface area contributed by atoms with Gasteiger partial charge in [-0.25, -0.2) is 17.5 Å². The van der Waals surface area contributed by atoms with Gasteiger partial charge in [0.2, 0.25) is 10.0 Å². The van der Waals surface area contributed by atoms with E-state index in [0.29, 0.717) is 25.9 Å². The van der Waals surface area contributed by atoms with Gasteiger partial charge in [0.25, 0.3) is 5.91 Å². The molecule has 1 aliphatic heterocycles. The predicted molar refractivity (Wildman–Crippen MR) is 77.7 cm³/mol. The van der Waals surface area contributed by atoms with Crippen molar-refractivity contribution in [2.45, 2.75) is 18.9 Å². The van der Waals surface area contributed by atoms with E-state index in [1.165, 1.54) is 12.1 Å². The highest BCUT2D eigenvalue weighted by Gasteiger charge is 2.26. The van der Waals surface area contributed by atoms with Crippen LogP contribution in [-0.4, -0.2) is 44.6 Å². The Morgan fingerprint density at radius 1 is 1.38 bits per heavy atom. The molecule has 1 fully saturated rings. The number of benzene rings is 1. The van der Waals surface area contributed by atoms with Crippen LogP contribution in [0.1, 0.15) is 23.2 Å². The molecule has 1 amide bonds. The van der Waals surface area contributed by atoms with Crippen molar-refractivity contribution < 1.29 is 17.6 Å². The van der Waals surface area contributed by atoms with E-state index >= 15 is 0 Å². The van der Waals surface area contributed by atoms with E-state index in [9.17, 15) is 17.6 Å². The average Bonchev–Trinajstić information content (AvgIpc) is 2.40. The maximum Gasteiger partial charge on any atom is 0.256 e. The van der Waals surface area contributed by atoms with Gasteiger partial charge in [-0.05, 0) is 31.0 Å². The van der Waals surface area contributed by atoms with Gasteiger partial charge in [0.05, 0.1) is 11.8 Å². The predicted octanol–water partition coefficient (Wildman–Crippen LogP) is 0.562. The summed E-state index contributed by atoms with van der Waals surface area (Å²) in [6.45, 7) is 0.809.